The van der Waals surface area contributed by atoms with Gasteiger partial charge < -0.3 is 10.6 Å². The van der Waals surface area contributed by atoms with Crippen LogP contribution >= 0.6 is 0 Å². The van der Waals surface area contributed by atoms with Crippen molar-refractivity contribution in [1.82, 2.24) is 9.97 Å². The van der Waals surface area contributed by atoms with Crippen molar-refractivity contribution in [3.63, 3.8) is 0 Å². The van der Waals surface area contributed by atoms with E-state index in [1.165, 1.54) is 0 Å². The highest BCUT2D eigenvalue weighted by atomic mass is 16.2. The van der Waals surface area contributed by atoms with E-state index >= 15 is 0 Å². The predicted octanol–water partition coefficient (Wildman–Crippen LogP) is 4.17. The Morgan fingerprint density at radius 2 is 1.84 bits per heavy atom. The van der Waals surface area contributed by atoms with Crippen molar-refractivity contribution in [1.29, 1.82) is 0 Å². The van der Waals surface area contributed by atoms with Crippen LogP contribution in [0.3, 0.4) is 0 Å². The molecule has 126 valence electrons. The molecule has 0 bridgehead atoms. The third-order valence-electron chi connectivity index (χ3n) is 3.73. The summed E-state index contributed by atoms with van der Waals surface area (Å²) in [5.41, 5.74) is 3.98. The Morgan fingerprint density at radius 1 is 1.08 bits per heavy atom. The van der Waals surface area contributed by atoms with Crippen LogP contribution in [0.4, 0.5) is 16.2 Å². The summed E-state index contributed by atoms with van der Waals surface area (Å²) in [7, 11) is 0. The van der Waals surface area contributed by atoms with Crippen LogP contribution in [0.1, 0.15) is 29.4 Å². The van der Waals surface area contributed by atoms with Gasteiger partial charge in [-0.15, -0.1) is 0 Å². The number of nitrogens with one attached hydrogen (secondary N) is 2. The number of ketones is 1. The molecule has 0 atom stereocenters. The molecular weight excluding hydrogens is 316 g/mol. The van der Waals surface area contributed by atoms with Gasteiger partial charge in [0.25, 0.3) is 0 Å². The zero-order valence-electron chi connectivity index (χ0n) is 14.0. The van der Waals surface area contributed by atoms with Crippen LogP contribution in [0.25, 0.3) is 11.0 Å². The summed E-state index contributed by atoms with van der Waals surface area (Å²) < 4.78 is 0. The van der Waals surface area contributed by atoms with Crippen LogP contribution in [-0.2, 0) is 0 Å². The van der Waals surface area contributed by atoms with Gasteiger partial charge in [0.15, 0.2) is 5.78 Å². The maximum Gasteiger partial charge on any atom is 0.323 e. The summed E-state index contributed by atoms with van der Waals surface area (Å²) in [4.78, 5) is 32.6. The standard InChI is InChI=1S/C19H18N4O2/c1-3-17(24)13-6-8-14(9-7-13)22-19(25)23-16-11-12(2)21-15-5-4-10-20-18(15)16/h4-11H,3H2,1-2H3,(H2,21,22,23,25). The highest BCUT2D eigenvalue weighted by molar-refractivity contribution is 6.04. The molecule has 2 heterocycles. The van der Waals surface area contributed by atoms with Crippen molar-refractivity contribution in [2.75, 3.05) is 10.6 Å². The minimum absolute atomic E-state index is 0.0702. The van der Waals surface area contributed by atoms with E-state index in [0.717, 1.165) is 11.2 Å². The molecule has 2 N–H and O–H groups in total. The number of rotatable bonds is 4. The van der Waals surface area contributed by atoms with E-state index in [2.05, 4.69) is 20.6 Å². The van der Waals surface area contributed by atoms with E-state index in [0.29, 0.717) is 28.9 Å². The van der Waals surface area contributed by atoms with Crippen molar-refractivity contribution >= 4 is 34.2 Å². The molecule has 3 rings (SSSR count). The molecule has 0 radical (unpaired) electrons. The Hall–Kier alpha value is -3.28. The number of urea groups is 1. The monoisotopic (exact) mass is 334 g/mol. The Balaban J connectivity index is 1.76. The molecule has 25 heavy (non-hydrogen) atoms. The molecule has 0 spiro atoms. The quantitative estimate of drug-likeness (QED) is 0.701. The predicted molar refractivity (Wildman–Crippen MR) is 98.0 cm³/mol. The fraction of sp³-hybridized carbons (Fsp3) is 0.158. The van der Waals surface area contributed by atoms with Crippen LogP contribution < -0.4 is 10.6 Å². The van der Waals surface area contributed by atoms with E-state index in [-0.39, 0.29) is 11.8 Å². The molecule has 0 saturated heterocycles. The van der Waals surface area contributed by atoms with E-state index in [9.17, 15) is 9.59 Å². The van der Waals surface area contributed by atoms with Gasteiger partial charge in [-0.25, -0.2) is 4.79 Å². The second-order valence-corrected chi connectivity index (χ2v) is 5.62. The van der Waals surface area contributed by atoms with Gasteiger partial charge >= 0.3 is 6.03 Å². The second kappa shape index (κ2) is 7.09. The van der Waals surface area contributed by atoms with E-state index in [1.807, 2.05) is 19.9 Å². The Morgan fingerprint density at radius 3 is 2.56 bits per heavy atom. The van der Waals surface area contributed by atoms with Crippen LogP contribution in [0, 0.1) is 6.92 Å². The minimum atomic E-state index is -0.382. The van der Waals surface area contributed by atoms with E-state index in [4.69, 9.17) is 0 Å². The first-order valence-electron chi connectivity index (χ1n) is 8.00. The van der Waals surface area contributed by atoms with E-state index < -0.39 is 0 Å². The number of carbonyl (C=O) groups excluding carboxylic acids is 2. The maximum absolute atomic E-state index is 12.3. The van der Waals surface area contributed by atoms with Gasteiger partial charge in [-0.1, -0.05) is 6.92 Å². The number of fused-ring (bicyclic) bond motifs is 1. The number of hydrogen-bond acceptors (Lipinski definition) is 4. The van der Waals surface area contributed by atoms with Crippen molar-refractivity contribution in [2.24, 2.45) is 0 Å². The van der Waals surface area contributed by atoms with Crippen molar-refractivity contribution in [3.8, 4) is 0 Å². The van der Waals surface area contributed by atoms with Gasteiger partial charge in [-0.2, -0.15) is 0 Å². The number of Topliss-reactive ketones (excluding diaryl/α,β-unsaturated/α-hetero) is 1. The maximum atomic E-state index is 12.3. The molecule has 0 unspecified atom stereocenters. The topological polar surface area (TPSA) is 84.0 Å². The molecule has 0 aliphatic carbocycles. The summed E-state index contributed by atoms with van der Waals surface area (Å²) in [5.74, 6) is 0.0702. The lowest BCUT2D eigenvalue weighted by Gasteiger charge is -2.10. The molecule has 3 aromatic rings. The number of nitrogens with zero attached hydrogens (tertiary/aromatic N) is 2. The number of pyridine rings is 2. The average molecular weight is 334 g/mol. The summed E-state index contributed by atoms with van der Waals surface area (Å²) in [6.45, 7) is 3.68. The number of carbonyl (C=O) groups is 2. The third kappa shape index (κ3) is 3.80. The Bertz CT molecular complexity index is 936. The molecule has 0 aliphatic heterocycles. The van der Waals surface area contributed by atoms with Gasteiger partial charge in [-0.05, 0) is 49.4 Å². The average Bonchev–Trinajstić information content (AvgIpc) is 2.61. The van der Waals surface area contributed by atoms with Gasteiger partial charge in [0, 0.05) is 29.6 Å². The first-order chi connectivity index (χ1) is 12.1. The number of hydrogen-bond donors (Lipinski definition) is 2. The largest absolute Gasteiger partial charge is 0.323 e. The number of aromatic nitrogens is 2. The molecule has 2 amide bonds. The van der Waals surface area contributed by atoms with Gasteiger partial charge in [0.1, 0.15) is 5.52 Å². The highest BCUT2D eigenvalue weighted by Gasteiger charge is 2.09. The molecule has 1 aromatic carbocycles. The molecule has 0 aliphatic rings. The lowest BCUT2D eigenvalue weighted by Crippen LogP contribution is -2.20. The van der Waals surface area contributed by atoms with Crippen LogP contribution in [0.5, 0.6) is 0 Å². The van der Waals surface area contributed by atoms with Gasteiger partial charge in [0.2, 0.25) is 0 Å². The van der Waals surface area contributed by atoms with E-state index in [1.54, 1.807) is 42.6 Å². The lowest BCUT2D eigenvalue weighted by molar-refractivity contribution is 0.0988. The SMILES string of the molecule is CCC(=O)c1ccc(NC(=O)Nc2cc(C)nc3cccnc23)cc1. The molecule has 0 fully saturated rings. The third-order valence-corrected chi connectivity index (χ3v) is 3.73. The highest BCUT2D eigenvalue weighted by Crippen LogP contribution is 2.21. The van der Waals surface area contributed by atoms with Crippen LogP contribution in [0.15, 0.2) is 48.7 Å². The zero-order chi connectivity index (χ0) is 17.8. The van der Waals surface area contributed by atoms with Gasteiger partial charge in [-0.3, -0.25) is 14.8 Å². The number of aryl methyl sites for hydroxylation is 1. The molecule has 6 heteroatoms. The van der Waals surface area contributed by atoms with Crippen LogP contribution in [-0.4, -0.2) is 21.8 Å². The zero-order valence-corrected chi connectivity index (χ0v) is 14.0. The summed E-state index contributed by atoms with van der Waals surface area (Å²) >= 11 is 0. The summed E-state index contributed by atoms with van der Waals surface area (Å²) in [6.07, 6.45) is 2.11. The fourth-order valence-electron chi connectivity index (χ4n) is 2.52. The van der Waals surface area contributed by atoms with Gasteiger partial charge in [0.05, 0.1) is 11.2 Å². The number of anilines is 2. The van der Waals surface area contributed by atoms with Crippen molar-refractivity contribution in [2.45, 2.75) is 20.3 Å². The molecule has 0 saturated carbocycles. The molecule has 2 aromatic heterocycles. The molecular formula is C19H18N4O2. The first-order valence-corrected chi connectivity index (χ1v) is 8.00. The minimum Gasteiger partial charge on any atom is -0.308 e. The second-order valence-electron chi connectivity index (χ2n) is 5.62. The fourth-order valence-corrected chi connectivity index (χ4v) is 2.52. The smallest absolute Gasteiger partial charge is 0.308 e. The number of benzene rings is 1. The molecule has 6 nitrogen and oxygen atoms in total. The van der Waals surface area contributed by atoms with Crippen molar-refractivity contribution < 1.29 is 9.59 Å². The summed E-state index contributed by atoms with van der Waals surface area (Å²) in [6, 6.07) is 11.9. The van der Waals surface area contributed by atoms with Crippen molar-refractivity contribution in [3.05, 3.63) is 59.9 Å². The summed E-state index contributed by atoms with van der Waals surface area (Å²) in [5, 5.41) is 5.55. The first kappa shape index (κ1) is 16.6. The normalized spacial score (nSPS) is 10.5. The lowest BCUT2D eigenvalue weighted by atomic mass is 10.1. The Kier molecular flexibility index (Phi) is 4.70. The van der Waals surface area contributed by atoms with Crippen LogP contribution in [0.2, 0.25) is 0 Å². The Labute approximate surface area is 145 Å². The number of amides is 2.